The van der Waals surface area contributed by atoms with E-state index in [-0.39, 0.29) is 0 Å². The summed E-state index contributed by atoms with van der Waals surface area (Å²) in [5.41, 5.74) is 0. The quantitative estimate of drug-likeness (QED) is 0.916. The fraction of sp³-hybridized carbons (Fsp3) is 0.769. The molecule has 6 heteroatoms. The normalized spacial score (nSPS) is 28.7. The van der Waals surface area contributed by atoms with Crippen molar-refractivity contribution in [3.8, 4) is 0 Å². The Hall–Kier alpha value is -1.01. The predicted octanol–water partition coefficient (Wildman–Crippen LogP) is 2.51. The second kappa shape index (κ2) is 4.52. The van der Waals surface area contributed by atoms with Crippen molar-refractivity contribution in [3.05, 3.63) is 10.8 Å². The van der Waals surface area contributed by atoms with E-state index in [1.807, 2.05) is 4.52 Å². The van der Waals surface area contributed by atoms with Crippen LogP contribution in [-0.2, 0) is 0 Å². The van der Waals surface area contributed by atoms with Gasteiger partial charge in [-0.1, -0.05) is 24.7 Å². The second-order valence-electron chi connectivity index (χ2n) is 5.96. The maximum Gasteiger partial charge on any atom is 0.234 e. The van der Waals surface area contributed by atoms with E-state index >= 15 is 0 Å². The Morgan fingerprint density at radius 3 is 2.89 bits per heavy atom. The molecule has 2 unspecified atom stereocenters. The van der Waals surface area contributed by atoms with Gasteiger partial charge in [0.15, 0.2) is 5.82 Å². The number of nitrogens with zero attached hydrogens (tertiary/aromatic N) is 4. The third kappa shape index (κ3) is 1.97. The predicted molar refractivity (Wildman–Crippen MR) is 74.4 cm³/mol. The fourth-order valence-corrected chi connectivity index (χ4v) is 3.94. The Bertz CT molecular complexity index is 585. The van der Waals surface area contributed by atoms with Crippen LogP contribution in [-0.4, -0.2) is 26.4 Å². The van der Waals surface area contributed by atoms with Gasteiger partial charge in [-0.15, -0.1) is 10.2 Å². The molecule has 2 fully saturated rings. The lowest BCUT2D eigenvalue weighted by molar-refractivity contribution is 0.322. The SMILES string of the molecule is CC1CCNC(c2nn3c(C4CCC4)nnc3s2)C1. The van der Waals surface area contributed by atoms with Gasteiger partial charge >= 0.3 is 0 Å². The minimum Gasteiger partial charge on any atom is -0.308 e. The monoisotopic (exact) mass is 277 g/mol. The summed E-state index contributed by atoms with van der Waals surface area (Å²) in [4.78, 5) is 0.955. The van der Waals surface area contributed by atoms with Gasteiger partial charge in [0.05, 0.1) is 6.04 Å². The van der Waals surface area contributed by atoms with Crippen molar-refractivity contribution >= 4 is 16.3 Å². The van der Waals surface area contributed by atoms with Gasteiger partial charge in [-0.3, -0.25) is 0 Å². The van der Waals surface area contributed by atoms with Crippen LogP contribution in [0.2, 0.25) is 0 Å². The van der Waals surface area contributed by atoms with Gasteiger partial charge in [0.2, 0.25) is 4.96 Å². The zero-order valence-corrected chi connectivity index (χ0v) is 12.0. The van der Waals surface area contributed by atoms with E-state index in [1.54, 1.807) is 11.3 Å². The number of hydrogen-bond donors (Lipinski definition) is 1. The van der Waals surface area contributed by atoms with E-state index in [4.69, 9.17) is 5.10 Å². The van der Waals surface area contributed by atoms with Gasteiger partial charge in [0.1, 0.15) is 5.01 Å². The maximum atomic E-state index is 4.78. The molecule has 1 saturated heterocycles. The summed E-state index contributed by atoms with van der Waals surface area (Å²) in [5.74, 6) is 2.45. The van der Waals surface area contributed by atoms with E-state index in [0.717, 1.165) is 23.2 Å². The second-order valence-corrected chi connectivity index (χ2v) is 6.94. The van der Waals surface area contributed by atoms with Gasteiger partial charge in [-0.05, 0) is 38.1 Å². The molecule has 1 saturated carbocycles. The Morgan fingerprint density at radius 1 is 1.26 bits per heavy atom. The molecule has 19 heavy (non-hydrogen) atoms. The zero-order chi connectivity index (χ0) is 12.8. The third-order valence-electron chi connectivity index (χ3n) is 4.46. The molecule has 0 bridgehead atoms. The van der Waals surface area contributed by atoms with Crippen molar-refractivity contribution in [1.29, 1.82) is 0 Å². The summed E-state index contributed by atoms with van der Waals surface area (Å²) in [7, 11) is 0. The first kappa shape index (κ1) is 11.8. The first-order valence-electron chi connectivity index (χ1n) is 7.26. The number of piperidine rings is 1. The first-order chi connectivity index (χ1) is 9.31. The zero-order valence-electron chi connectivity index (χ0n) is 11.2. The molecule has 3 heterocycles. The minimum atomic E-state index is 0.407. The highest BCUT2D eigenvalue weighted by molar-refractivity contribution is 7.16. The number of nitrogens with one attached hydrogen (secondary N) is 1. The van der Waals surface area contributed by atoms with Gasteiger partial charge in [0, 0.05) is 5.92 Å². The number of fused-ring (bicyclic) bond motifs is 1. The average Bonchev–Trinajstić information content (AvgIpc) is 2.89. The minimum absolute atomic E-state index is 0.407. The van der Waals surface area contributed by atoms with E-state index < -0.39 is 0 Å². The molecule has 4 rings (SSSR count). The molecular weight excluding hydrogens is 258 g/mol. The topological polar surface area (TPSA) is 55.1 Å². The summed E-state index contributed by atoms with van der Waals surface area (Å²) >= 11 is 1.69. The van der Waals surface area contributed by atoms with Gasteiger partial charge in [-0.25, -0.2) is 0 Å². The van der Waals surface area contributed by atoms with Crippen molar-refractivity contribution in [2.24, 2.45) is 5.92 Å². The summed E-state index contributed by atoms with van der Waals surface area (Å²) in [6, 6.07) is 0.407. The van der Waals surface area contributed by atoms with Crippen LogP contribution in [0.15, 0.2) is 0 Å². The van der Waals surface area contributed by atoms with Gasteiger partial charge in [0.25, 0.3) is 0 Å². The lowest BCUT2D eigenvalue weighted by atomic mass is 9.85. The van der Waals surface area contributed by atoms with Crippen molar-refractivity contribution in [2.45, 2.75) is 51.0 Å². The summed E-state index contributed by atoms with van der Waals surface area (Å²) < 4.78 is 1.99. The maximum absolute atomic E-state index is 4.78. The highest BCUT2D eigenvalue weighted by atomic mass is 32.1. The molecule has 102 valence electrons. The van der Waals surface area contributed by atoms with Crippen LogP contribution in [0.4, 0.5) is 0 Å². The van der Waals surface area contributed by atoms with Crippen LogP contribution in [0, 0.1) is 5.92 Å². The molecule has 1 aliphatic heterocycles. The molecule has 2 atom stereocenters. The fourth-order valence-electron chi connectivity index (χ4n) is 3.00. The lowest BCUT2D eigenvalue weighted by Crippen LogP contribution is -2.30. The van der Waals surface area contributed by atoms with Crippen LogP contribution in [0.3, 0.4) is 0 Å². The molecule has 0 amide bonds. The molecule has 1 aliphatic carbocycles. The van der Waals surface area contributed by atoms with Crippen molar-refractivity contribution < 1.29 is 0 Å². The first-order valence-corrected chi connectivity index (χ1v) is 8.08. The van der Waals surface area contributed by atoms with Crippen LogP contribution in [0.25, 0.3) is 4.96 Å². The molecule has 0 aromatic carbocycles. The molecule has 2 aromatic rings. The number of hydrogen-bond acceptors (Lipinski definition) is 5. The Balaban J connectivity index is 1.65. The summed E-state index contributed by atoms with van der Waals surface area (Å²) in [6.07, 6.45) is 6.26. The van der Waals surface area contributed by atoms with E-state index in [9.17, 15) is 0 Å². The highest BCUT2D eigenvalue weighted by Crippen LogP contribution is 2.36. The average molecular weight is 277 g/mol. The van der Waals surface area contributed by atoms with Crippen LogP contribution in [0.1, 0.15) is 61.8 Å². The lowest BCUT2D eigenvalue weighted by Gasteiger charge is -2.26. The Kier molecular flexibility index (Phi) is 2.81. The molecule has 0 spiro atoms. The molecule has 2 aliphatic rings. The van der Waals surface area contributed by atoms with Gasteiger partial charge < -0.3 is 5.32 Å². The van der Waals surface area contributed by atoms with Crippen molar-refractivity contribution in [1.82, 2.24) is 25.1 Å². The molecule has 5 nitrogen and oxygen atoms in total. The third-order valence-corrected chi connectivity index (χ3v) is 5.48. The smallest absolute Gasteiger partial charge is 0.234 e. The van der Waals surface area contributed by atoms with Gasteiger partial charge in [-0.2, -0.15) is 9.61 Å². The number of rotatable bonds is 2. The summed E-state index contributed by atoms with van der Waals surface area (Å²) in [5, 5.41) is 18.2. The Labute approximate surface area is 116 Å². The van der Waals surface area contributed by atoms with E-state index in [0.29, 0.717) is 12.0 Å². The van der Waals surface area contributed by atoms with E-state index in [1.165, 1.54) is 37.1 Å². The molecular formula is C13H19N5S. The number of aromatic nitrogens is 4. The largest absolute Gasteiger partial charge is 0.308 e. The molecule has 0 radical (unpaired) electrons. The molecule has 2 aromatic heterocycles. The summed E-state index contributed by atoms with van der Waals surface area (Å²) in [6.45, 7) is 3.43. The highest BCUT2D eigenvalue weighted by Gasteiger charge is 2.28. The van der Waals surface area contributed by atoms with Crippen molar-refractivity contribution in [3.63, 3.8) is 0 Å². The van der Waals surface area contributed by atoms with Crippen LogP contribution in [0.5, 0.6) is 0 Å². The molecule has 1 N–H and O–H groups in total. The Morgan fingerprint density at radius 2 is 2.16 bits per heavy atom. The van der Waals surface area contributed by atoms with Crippen molar-refractivity contribution in [2.75, 3.05) is 6.54 Å². The van der Waals surface area contributed by atoms with E-state index in [2.05, 4.69) is 22.4 Å². The standard InChI is InChI=1S/C13H19N5S/c1-8-5-6-14-10(7-8)12-17-18-11(9-3-2-4-9)15-16-13(18)19-12/h8-10,14H,2-7H2,1H3. The van der Waals surface area contributed by atoms with Crippen LogP contribution >= 0.6 is 11.3 Å². The van der Waals surface area contributed by atoms with Crippen LogP contribution < -0.4 is 5.32 Å².